The van der Waals surface area contributed by atoms with Crippen molar-refractivity contribution in [2.75, 3.05) is 19.1 Å². The fourth-order valence-corrected chi connectivity index (χ4v) is 3.37. The van der Waals surface area contributed by atoms with Crippen molar-refractivity contribution in [3.8, 4) is 11.5 Å². The lowest BCUT2D eigenvalue weighted by molar-refractivity contribution is 0.394. The van der Waals surface area contributed by atoms with E-state index in [0.29, 0.717) is 35.1 Å². The summed E-state index contributed by atoms with van der Waals surface area (Å²) >= 11 is 0. The SMILES string of the molecule is C=NC(=CC(=CC)N(Cc1ncccn1)c1cc(OC)cc(OC)c1)C=C(C=N)c1cnn(C)c1. The molecule has 0 spiro atoms. The van der Waals surface area contributed by atoms with E-state index in [4.69, 9.17) is 14.9 Å². The van der Waals surface area contributed by atoms with Gasteiger partial charge in [-0.05, 0) is 31.9 Å². The molecule has 0 radical (unpaired) electrons. The summed E-state index contributed by atoms with van der Waals surface area (Å²) in [6.45, 7) is 6.06. The lowest BCUT2D eigenvalue weighted by Crippen LogP contribution is -2.22. The maximum Gasteiger partial charge on any atom is 0.147 e. The molecule has 3 aromatic rings. The fraction of sp³-hybridized carbons (Fsp3) is 0.192. The van der Waals surface area contributed by atoms with E-state index >= 15 is 0 Å². The zero-order valence-corrected chi connectivity index (χ0v) is 20.3. The molecule has 0 fully saturated rings. The van der Waals surface area contributed by atoms with Gasteiger partial charge in [0.25, 0.3) is 0 Å². The first-order valence-electron chi connectivity index (χ1n) is 10.8. The van der Waals surface area contributed by atoms with Gasteiger partial charge in [0.15, 0.2) is 0 Å². The second-order valence-electron chi connectivity index (χ2n) is 7.41. The van der Waals surface area contributed by atoms with Crippen LogP contribution in [0.1, 0.15) is 18.3 Å². The third kappa shape index (κ3) is 6.50. The highest BCUT2D eigenvalue weighted by atomic mass is 16.5. The van der Waals surface area contributed by atoms with E-state index in [9.17, 15) is 0 Å². The number of anilines is 1. The van der Waals surface area contributed by atoms with Crippen LogP contribution in [-0.4, -0.2) is 46.9 Å². The Labute approximate surface area is 205 Å². The van der Waals surface area contributed by atoms with E-state index in [-0.39, 0.29) is 0 Å². The largest absolute Gasteiger partial charge is 0.497 e. The molecule has 0 amide bonds. The first-order chi connectivity index (χ1) is 17.0. The van der Waals surface area contributed by atoms with Crippen molar-refractivity contribution in [1.29, 1.82) is 5.41 Å². The number of nitrogens with one attached hydrogen (secondary N) is 1. The number of nitrogens with zero attached hydrogens (tertiary/aromatic N) is 6. The van der Waals surface area contributed by atoms with Crippen molar-refractivity contribution in [1.82, 2.24) is 19.7 Å². The molecule has 1 aromatic carbocycles. The molecule has 0 saturated carbocycles. The summed E-state index contributed by atoms with van der Waals surface area (Å²) in [6, 6.07) is 7.42. The Morgan fingerprint density at radius 1 is 1.14 bits per heavy atom. The summed E-state index contributed by atoms with van der Waals surface area (Å²) < 4.78 is 12.7. The summed E-state index contributed by atoms with van der Waals surface area (Å²) in [5, 5.41) is 12.1. The van der Waals surface area contributed by atoms with E-state index < -0.39 is 0 Å². The van der Waals surface area contributed by atoms with Gasteiger partial charge in [-0.15, -0.1) is 0 Å². The normalized spacial score (nSPS) is 12.3. The standard InChI is InChI=1S/C26H29N7O2/c1-6-22(11-21(28-2)10-19(15-27)20-16-31-32(3)17-20)33(18-26-29-8-7-9-30-26)23-12-24(34-4)14-25(13-23)35-5/h6-17,27H,2,18H2,1,3-5H3. The lowest BCUT2D eigenvalue weighted by Gasteiger charge is -2.26. The van der Waals surface area contributed by atoms with Crippen molar-refractivity contribution in [2.45, 2.75) is 13.5 Å². The van der Waals surface area contributed by atoms with Gasteiger partial charge in [-0.3, -0.25) is 9.67 Å². The third-order valence-corrected chi connectivity index (χ3v) is 5.15. The zero-order chi connectivity index (χ0) is 25.2. The summed E-state index contributed by atoms with van der Waals surface area (Å²) in [4.78, 5) is 15.0. The van der Waals surface area contributed by atoms with Gasteiger partial charge in [-0.1, -0.05) is 6.08 Å². The Bertz CT molecular complexity index is 1240. The predicted octanol–water partition coefficient (Wildman–Crippen LogP) is 4.46. The van der Waals surface area contributed by atoms with Crippen molar-refractivity contribution in [3.05, 3.63) is 90.1 Å². The van der Waals surface area contributed by atoms with E-state index in [1.165, 1.54) is 6.21 Å². The lowest BCUT2D eigenvalue weighted by atomic mass is 10.1. The van der Waals surface area contributed by atoms with Gasteiger partial charge in [-0.2, -0.15) is 5.10 Å². The number of methoxy groups -OCH3 is 2. The highest BCUT2D eigenvalue weighted by Gasteiger charge is 2.16. The fourth-order valence-electron chi connectivity index (χ4n) is 3.37. The highest BCUT2D eigenvalue weighted by molar-refractivity contribution is 6.08. The molecule has 0 unspecified atom stereocenters. The van der Waals surface area contributed by atoms with Gasteiger partial charge in [0, 0.05) is 72.6 Å². The maximum atomic E-state index is 7.87. The van der Waals surface area contributed by atoms with Crippen LogP contribution < -0.4 is 14.4 Å². The molecule has 0 aliphatic heterocycles. The summed E-state index contributed by atoms with van der Waals surface area (Å²) in [5.74, 6) is 1.95. The molecule has 9 heteroatoms. The smallest absolute Gasteiger partial charge is 0.147 e. The number of aryl methyl sites for hydroxylation is 1. The van der Waals surface area contributed by atoms with Crippen LogP contribution in [-0.2, 0) is 13.6 Å². The minimum Gasteiger partial charge on any atom is -0.497 e. The van der Waals surface area contributed by atoms with E-state index in [2.05, 4.69) is 26.8 Å². The van der Waals surface area contributed by atoms with Crippen LogP contribution in [0.5, 0.6) is 11.5 Å². The van der Waals surface area contributed by atoms with Gasteiger partial charge >= 0.3 is 0 Å². The molecule has 1 N–H and O–H groups in total. The molecule has 0 bridgehead atoms. The number of benzene rings is 1. The van der Waals surface area contributed by atoms with E-state index in [0.717, 1.165) is 16.9 Å². The Morgan fingerprint density at radius 2 is 1.83 bits per heavy atom. The molecule has 0 aliphatic rings. The van der Waals surface area contributed by atoms with Crippen molar-refractivity contribution < 1.29 is 9.47 Å². The van der Waals surface area contributed by atoms with Crippen LogP contribution in [0.25, 0.3) is 5.57 Å². The van der Waals surface area contributed by atoms with Gasteiger partial charge in [0.2, 0.25) is 0 Å². The minimum absolute atomic E-state index is 0.390. The molecule has 180 valence electrons. The van der Waals surface area contributed by atoms with Crippen molar-refractivity contribution in [2.24, 2.45) is 12.0 Å². The molecule has 2 heterocycles. The van der Waals surface area contributed by atoms with Gasteiger partial charge < -0.3 is 19.8 Å². The van der Waals surface area contributed by atoms with Crippen LogP contribution >= 0.6 is 0 Å². The van der Waals surface area contributed by atoms with Crippen LogP contribution in [0.3, 0.4) is 0 Å². The molecule has 0 atom stereocenters. The quantitative estimate of drug-likeness (QED) is 0.327. The van der Waals surface area contributed by atoms with Crippen LogP contribution in [0.2, 0.25) is 0 Å². The predicted molar refractivity (Wildman–Crippen MR) is 139 cm³/mol. The van der Waals surface area contributed by atoms with E-state index in [1.807, 2.05) is 55.4 Å². The van der Waals surface area contributed by atoms with Crippen LogP contribution in [0, 0.1) is 5.41 Å². The van der Waals surface area contributed by atoms with Gasteiger partial charge in [-0.25, -0.2) is 9.97 Å². The first kappa shape index (κ1) is 25.1. The number of rotatable bonds is 11. The summed E-state index contributed by atoms with van der Waals surface area (Å²) in [6.07, 6.45) is 13.9. The second-order valence-corrected chi connectivity index (χ2v) is 7.41. The Kier molecular flexibility index (Phi) is 8.66. The highest BCUT2D eigenvalue weighted by Crippen LogP contribution is 2.32. The van der Waals surface area contributed by atoms with Crippen LogP contribution in [0.15, 0.2) is 83.7 Å². The van der Waals surface area contributed by atoms with Gasteiger partial charge in [0.05, 0.1) is 32.7 Å². The average molecular weight is 472 g/mol. The number of hydrogen-bond acceptors (Lipinski definition) is 8. The first-order valence-corrected chi connectivity index (χ1v) is 10.8. The zero-order valence-electron chi connectivity index (χ0n) is 20.3. The average Bonchev–Trinajstić information content (AvgIpc) is 3.34. The Morgan fingerprint density at radius 3 is 2.34 bits per heavy atom. The molecule has 9 nitrogen and oxygen atoms in total. The topological polar surface area (TPSA) is 102 Å². The number of hydrogen-bond donors (Lipinski definition) is 1. The van der Waals surface area contributed by atoms with Gasteiger partial charge in [0.1, 0.15) is 17.3 Å². The Hall–Kier alpha value is -4.53. The molecular formula is C26H29N7O2. The number of ether oxygens (including phenoxy) is 2. The second kappa shape index (κ2) is 12.1. The number of aliphatic imine (C=N–C) groups is 1. The molecule has 35 heavy (non-hydrogen) atoms. The molecule has 3 rings (SSSR count). The van der Waals surface area contributed by atoms with E-state index in [1.54, 1.807) is 49.6 Å². The molecule has 0 saturated heterocycles. The minimum atomic E-state index is 0.390. The monoisotopic (exact) mass is 471 g/mol. The summed E-state index contributed by atoms with van der Waals surface area (Å²) in [7, 11) is 5.06. The number of allylic oxidation sites excluding steroid dienone is 4. The van der Waals surface area contributed by atoms with Crippen molar-refractivity contribution in [3.63, 3.8) is 0 Å². The molecular weight excluding hydrogens is 442 g/mol. The number of aromatic nitrogens is 4. The van der Waals surface area contributed by atoms with Crippen LogP contribution in [0.4, 0.5) is 5.69 Å². The van der Waals surface area contributed by atoms with Crippen molar-refractivity contribution >= 4 is 24.2 Å². The molecule has 0 aliphatic carbocycles. The maximum absolute atomic E-state index is 7.87. The molecule has 2 aromatic heterocycles. The summed E-state index contributed by atoms with van der Waals surface area (Å²) in [5.41, 5.74) is 3.69. The Balaban J connectivity index is 2.09. The third-order valence-electron chi connectivity index (χ3n) is 5.15.